The molecule has 0 N–H and O–H groups in total. The molecule has 27 heavy (non-hydrogen) atoms. The molecule has 0 spiro atoms. The average molecular weight is 496 g/mol. The molecule has 0 fully saturated rings. The van der Waals surface area contributed by atoms with Crippen molar-refractivity contribution in [3.63, 3.8) is 0 Å². The van der Waals surface area contributed by atoms with Crippen LogP contribution in [0.5, 0.6) is 0 Å². The third-order valence-corrected chi connectivity index (χ3v) is 6.66. The number of unbranched alkanes of at least 4 members (excludes halogenated alkanes) is 2. The standard InChI is InChI=1S/C24H32Br2O/c25-19-23(21-11-3-1-4-12-21)15-7-9-17-27-18-10-8-16-24(20-26)22-13-5-2-6-14-22/h1-6,11-14,23-24H,7-10,15-20H2/t23-,24+. The van der Waals surface area contributed by atoms with Gasteiger partial charge in [-0.3, -0.25) is 0 Å². The molecule has 2 aromatic rings. The third-order valence-electron chi connectivity index (χ3n) is 5.10. The van der Waals surface area contributed by atoms with Crippen LogP contribution in [0.2, 0.25) is 0 Å². The van der Waals surface area contributed by atoms with E-state index in [4.69, 9.17) is 4.74 Å². The van der Waals surface area contributed by atoms with Gasteiger partial charge in [-0.05, 0) is 48.6 Å². The van der Waals surface area contributed by atoms with Gasteiger partial charge in [-0.15, -0.1) is 0 Å². The minimum atomic E-state index is 0.616. The SMILES string of the molecule is BrC[C@H](CCCCOCCCC[C@H](CBr)c1ccccc1)c1ccccc1. The molecule has 0 aliphatic heterocycles. The van der Waals surface area contributed by atoms with Crippen LogP contribution in [0.3, 0.4) is 0 Å². The average Bonchev–Trinajstić information content (AvgIpc) is 2.73. The molecular weight excluding hydrogens is 464 g/mol. The Hall–Kier alpha value is -0.640. The van der Waals surface area contributed by atoms with E-state index in [9.17, 15) is 0 Å². The molecule has 0 radical (unpaired) electrons. The number of hydrogen-bond donors (Lipinski definition) is 0. The van der Waals surface area contributed by atoms with E-state index in [1.165, 1.54) is 36.8 Å². The summed E-state index contributed by atoms with van der Waals surface area (Å²) < 4.78 is 5.85. The molecule has 2 atom stereocenters. The lowest BCUT2D eigenvalue weighted by Gasteiger charge is -2.15. The zero-order valence-corrected chi connectivity index (χ0v) is 19.3. The highest BCUT2D eigenvalue weighted by molar-refractivity contribution is 9.09. The smallest absolute Gasteiger partial charge is 0.0466 e. The van der Waals surface area contributed by atoms with E-state index < -0.39 is 0 Å². The summed E-state index contributed by atoms with van der Waals surface area (Å²) in [4.78, 5) is 0. The van der Waals surface area contributed by atoms with Gasteiger partial charge in [0, 0.05) is 23.9 Å². The van der Waals surface area contributed by atoms with Gasteiger partial charge in [0.15, 0.2) is 0 Å². The Morgan fingerprint density at radius 1 is 0.593 bits per heavy atom. The fourth-order valence-electron chi connectivity index (χ4n) is 3.41. The van der Waals surface area contributed by atoms with Gasteiger partial charge in [0.25, 0.3) is 0 Å². The van der Waals surface area contributed by atoms with E-state index >= 15 is 0 Å². The van der Waals surface area contributed by atoms with Crippen molar-refractivity contribution in [2.45, 2.75) is 50.4 Å². The summed E-state index contributed by atoms with van der Waals surface area (Å²) in [5.74, 6) is 1.23. The van der Waals surface area contributed by atoms with Crippen molar-refractivity contribution < 1.29 is 4.74 Å². The Balaban J connectivity index is 1.50. The molecule has 1 nitrogen and oxygen atoms in total. The molecule has 0 aromatic heterocycles. The van der Waals surface area contributed by atoms with Gasteiger partial charge < -0.3 is 4.74 Å². The summed E-state index contributed by atoms with van der Waals surface area (Å²) in [5.41, 5.74) is 2.88. The summed E-state index contributed by atoms with van der Waals surface area (Å²) in [7, 11) is 0. The highest BCUT2D eigenvalue weighted by atomic mass is 79.9. The molecule has 0 aliphatic carbocycles. The lowest BCUT2D eigenvalue weighted by atomic mass is 9.95. The molecule has 0 heterocycles. The van der Waals surface area contributed by atoms with E-state index in [0.29, 0.717) is 11.8 Å². The lowest BCUT2D eigenvalue weighted by Crippen LogP contribution is -2.03. The van der Waals surface area contributed by atoms with Gasteiger partial charge in [-0.2, -0.15) is 0 Å². The summed E-state index contributed by atoms with van der Waals surface area (Å²) >= 11 is 7.33. The van der Waals surface area contributed by atoms with E-state index in [0.717, 1.165) is 36.7 Å². The molecular formula is C24H32Br2O. The number of hydrogen-bond acceptors (Lipinski definition) is 1. The van der Waals surface area contributed by atoms with Crippen molar-refractivity contribution >= 4 is 31.9 Å². The monoisotopic (exact) mass is 494 g/mol. The van der Waals surface area contributed by atoms with Crippen LogP contribution in [0.15, 0.2) is 60.7 Å². The second-order valence-corrected chi connectivity index (χ2v) is 8.42. The van der Waals surface area contributed by atoms with Crippen molar-refractivity contribution in [1.29, 1.82) is 0 Å². The minimum Gasteiger partial charge on any atom is -0.381 e. The maximum atomic E-state index is 5.85. The summed E-state index contributed by atoms with van der Waals surface area (Å²) in [6.45, 7) is 1.79. The predicted molar refractivity (Wildman–Crippen MR) is 124 cm³/mol. The Morgan fingerprint density at radius 2 is 1.00 bits per heavy atom. The number of alkyl halides is 2. The van der Waals surface area contributed by atoms with Gasteiger partial charge in [0.05, 0.1) is 0 Å². The second-order valence-electron chi connectivity index (χ2n) is 7.13. The van der Waals surface area contributed by atoms with Crippen LogP contribution >= 0.6 is 31.9 Å². The van der Waals surface area contributed by atoms with Crippen LogP contribution in [0.25, 0.3) is 0 Å². The van der Waals surface area contributed by atoms with Crippen molar-refractivity contribution in [2.75, 3.05) is 23.9 Å². The van der Waals surface area contributed by atoms with E-state index in [1.54, 1.807) is 0 Å². The van der Waals surface area contributed by atoms with Crippen LogP contribution in [0.1, 0.15) is 61.5 Å². The first-order valence-corrected chi connectivity index (χ1v) is 12.4. The van der Waals surface area contributed by atoms with Gasteiger partial charge >= 0.3 is 0 Å². The van der Waals surface area contributed by atoms with Crippen molar-refractivity contribution in [2.24, 2.45) is 0 Å². The minimum absolute atomic E-state index is 0.616. The van der Waals surface area contributed by atoms with Gasteiger partial charge in [-0.1, -0.05) is 105 Å². The largest absolute Gasteiger partial charge is 0.381 e. The first-order valence-electron chi connectivity index (χ1n) is 10.1. The van der Waals surface area contributed by atoms with Crippen LogP contribution in [0.4, 0.5) is 0 Å². The number of benzene rings is 2. The van der Waals surface area contributed by atoms with Crippen molar-refractivity contribution in [3.05, 3.63) is 71.8 Å². The van der Waals surface area contributed by atoms with Gasteiger partial charge in [0.2, 0.25) is 0 Å². The highest BCUT2D eigenvalue weighted by Crippen LogP contribution is 2.25. The summed E-state index contributed by atoms with van der Waals surface area (Å²) in [6, 6.07) is 21.6. The number of rotatable bonds is 14. The molecule has 0 saturated carbocycles. The predicted octanol–water partition coefficient (Wildman–Crippen LogP) is 7.70. The molecule has 2 rings (SSSR count). The fourth-order valence-corrected chi connectivity index (χ4v) is 4.80. The molecule has 3 heteroatoms. The zero-order chi connectivity index (χ0) is 19.2. The zero-order valence-electron chi connectivity index (χ0n) is 16.2. The quantitative estimate of drug-likeness (QED) is 0.192. The maximum Gasteiger partial charge on any atom is 0.0466 e. The molecule has 0 unspecified atom stereocenters. The van der Waals surface area contributed by atoms with Gasteiger partial charge in [-0.25, -0.2) is 0 Å². The Bertz CT molecular complexity index is 534. The van der Waals surface area contributed by atoms with Crippen LogP contribution < -0.4 is 0 Å². The van der Waals surface area contributed by atoms with Crippen LogP contribution in [-0.2, 0) is 4.74 Å². The van der Waals surface area contributed by atoms with E-state index in [1.807, 2.05) is 0 Å². The van der Waals surface area contributed by atoms with E-state index in [2.05, 4.69) is 92.5 Å². The first-order chi connectivity index (χ1) is 13.3. The lowest BCUT2D eigenvalue weighted by molar-refractivity contribution is 0.125. The number of halogens is 2. The normalized spacial score (nSPS) is 13.4. The molecule has 0 bridgehead atoms. The van der Waals surface area contributed by atoms with Crippen LogP contribution in [0, 0.1) is 0 Å². The Morgan fingerprint density at radius 3 is 1.37 bits per heavy atom. The van der Waals surface area contributed by atoms with E-state index in [-0.39, 0.29) is 0 Å². The molecule has 2 aromatic carbocycles. The summed E-state index contributed by atoms with van der Waals surface area (Å²) in [5, 5.41) is 2.07. The Labute approximate surface area is 182 Å². The topological polar surface area (TPSA) is 9.23 Å². The summed E-state index contributed by atoms with van der Waals surface area (Å²) in [6.07, 6.45) is 7.22. The second kappa shape index (κ2) is 14.4. The molecule has 0 saturated heterocycles. The number of ether oxygens (including phenoxy) is 1. The highest BCUT2D eigenvalue weighted by Gasteiger charge is 2.10. The third kappa shape index (κ3) is 8.93. The van der Waals surface area contributed by atoms with Crippen molar-refractivity contribution in [1.82, 2.24) is 0 Å². The van der Waals surface area contributed by atoms with Crippen LogP contribution in [-0.4, -0.2) is 23.9 Å². The van der Waals surface area contributed by atoms with Crippen molar-refractivity contribution in [3.8, 4) is 0 Å². The first kappa shape index (κ1) is 22.6. The van der Waals surface area contributed by atoms with Gasteiger partial charge in [0.1, 0.15) is 0 Å². The Kier molecular flexibility index (Phi) is 12.1. The fraction of sp³-hybridized carbons (Fsp3) is 0.500. The maximum absolute atomic E-state index is 5.85. The molecule has 0 amide bonds. The molecule has 148 valence electrons. The molecule has 0 aliphatic rings.